The lowest BCUT2D eigenvalue weighted by atomic mass is 10.0. The van der Waals surface area contributed by atoms with Gasteiger partial charge in [-0.05, 0) is 38.8 Å². The Balaban J connectivity index is 1.95. The van der Waals surface area contributed by atoms with Crippen LogP contribution in [0.5, 0.6) is 0 Å². The van der Waals surface area contributed by atoms with Gasteiger partial charge in [0.1, 0.15) is 11.6 Å². The zero-order valence-corrected chi connectivity index (χ0v) is 17.4. The minimum absolute atomic E-state index is 0.0518. The molecule has 154 valence electrons. The summed E-state index contributed by atoms with van der Waals surface area (Å²) in [5.74, 6) is -0.438. The lowest BCUT2D eigenvalue weighted by Crippen LogP contribution is -2.57. The lowest BCUT2D eigenvalue weighted by molar-refractivity contribution is -0.136. The molecule has 0 bridgehead atoms. The van der Waals surface area contributed by atoms with E-state index in [1.54, 1.807) is 34.1 Å². The van der Waals surface area contributed by atoms with Crippen molar-refractivity contribution in [2.75, 3.05) is 26.2 Å². The molecule has 0 aliphatic carbocycles. The van der Waals surface area contributed by atoms with Gasteiger partial charge in [-0.1, -0.05) is 32.0 Å². The summed E-state index contributed by atoms with van der Waals surface area (Å²) in [7, 11) is 0. The Morgan fingerprint density at radius 1 is 0.964 bits per heavy atom. The Morgan fingerprint density at radius 3 is 2.00 bits per heavy atom. The zero-order chi connectivity index (χ0) is 20.9. The fourth-order valence-electron chi connectivity index (χ4n) is 2.96. The predicted molar refractivity (Wildman–Crippen MR) is 107 cm³/mol. The summed E-state index contributed by atoms with van der Waals surface area (Å²) in [5, 5.41) is 2.86. The van der Waals surface area contributed by atoms with Crippen LogP contribution in [0.1, 0.15) is 45.0 Å². The summed E-state index contributed by atoms with van der Waals surface area (Å²) in [6, 6.07) is 8.24. The quantitative estimate of drug-likeness (QED) is 0.858. The highest BCUT2D eigenvalue weighted by Gasteiger charge is 2.33. The van der Waals surface area contributed by atoms with Crippen molar-refractivity contribution in [3.63, 3.8) is 0 Å². The van der Waals surface area contributed by atoms with Gasteiger partial charge in [0.05, 0.1) is 0 Å². The highest BCUT2D eigenvalue weighted by molar-refractivity contribution is 5.97. The smallest absolute Gasteiger partial charge is 0.410 e. The van der Waals surface area contributed by atoms with E-state index in [0.29, 0.717) is 31.7 Å². The zero-order valence-electron chi connectivity index (χ0n) is 17.4. The van der Waals surface area contributed by atoms with Crippen LogP contribution < -0.4 is 5.32 Å². The van der Waals surface area contributed by atoms with Crippen molar-refractivity contribution in [3.05, 3.63) is 35.9 Å². The number of carbonyl (C=O) groups is 3. The Hall–Kier alpha value is -2.57. The number of piperazine rings is 1. The third kappa shape index (κ3) is 5.97. The summed E-state index contributed by atoms with van der Waals surface area (Å²) in [5.41, 5.74) is -0.0233. The van der Waals surface area contributed by atoms with Gasteiger partial charge in [0.2, 0.25) is 5.91 Å². The molecule has 28 heavy (non-hydrogen) atoms. The van der Waals surface area contributed by atoms with E-state index in [2.05, 4.69) is 5.32 Å². The molecule has 1 saturated heterocycles. The standard InChI is InChI=1S/C21H31N3O4/c1-15(2)17(22-18(25)16-9-7-6-8-10-16)19(26)23-11-13-24(14-12-23)20(27)28-21(3,4)5/h6-10,15,17H,11-14H2,1-5H3,(H,22,25). The summed E-state index contributed by atoms with van der Waals surface area (Å²) >= 11 is 0. The number of benzene rings is 1. The Kier molecular flexibility index (Phi) is 7.05. The van der Waals surface area contributed by atoms with Crippen LogP contribution in [-0.4, -0.2) is 65.5 Å². The number of hydrogen-bond acceptors (Lipinski definition) is 4. The molecule has 0 radical (unpaired) electrons. The Bertz CT molecular complexity index is 689. The lowest BCUT2D eigenvalue weighted by Gasteiger charge is -2.37. The van der Waals surface area contributed by atoms with Gasteiger partial charge in [-0.25, -0.2) is 4.79 Å². The van der Waals surface area contributed by atoms with Gasteiger partial charge >= 0.3 is 6.09 Å². The largest absolute Gasteiger partial charge is 0.444 e. The molecule has 7 heteroatoms. The van der Waals surface area contributed by atoms with E-state index in [1.165, 1.54) is 0 Å². The second-order valence-electron chi connectivity index (χ2n) is 8.35. The third-order valence-corrected chi connectivity index (χ3v) is 4.50. The molecular formula is C21H31N3O4. The van der Waals surface area contributed by atoms with Crippen LogP contribution in [0.2, 0.25) is 0 Å². The fourth-order valence-corrected chi connectivity index (χ4v) is 2.96. The Morgan fingerprint density at radius 2 is 1.50 bits per heavy atom. The van der Waals surface area contributed by atoms with E-state index < -0.39 is 11.6 Å². The van der Waals surface area contributed by atoms with Gasteiger partial charge in [0.15, 0.2) is 0 Å². The van der Waals surface area contributed by atoms with Crippen LogP contribution >= 0.6 is 0 Å². The second kappa shape index (κ2) is 9.08. The summed E-state index contributed by atoms with van der Waals surface area (Å²) in [4.78, 5) is 41.0. The Labute approximate surface area is 167 Å². The molecule has 7 nitrogen and oxygen atoms in total. The molecule has 1 aromatic rings. The van der Waals surface area contributed by atoms with Gasteiger partial charge in [0, 0.05) is 31.7 Å². The van der Waals surface area contributed by atoms with Crippen molar-refractivity contribution in [2.24, 2.45) is 5.92 Å². The first-order chi connectivity index (χ1) is 13.1. The SMILES string of the molecule is CC(C)C(NC(=O)c1ccccc1)C(=O)N1CCN(C(=O)OC(C)(C)C)CC1. The van der Waals surface area contributed by atoms with Crippen molar-refractivity contribution in [3.8, 4) is 0 Å². The minimum Gasteiger partial charge on any atom is -0.444 e. The van der Waals surface area contributed by atoms with Crippen molar-refractivity contribution in [1.29, 1.82) is 0 Å². The van der Waals surface area contributed by atoms with Gasteiger partial charge in [0.25, 0.3) is 5.91 Å². The van der Waals surface area contributed by atoms with Crippen LogP contribution in [0.25, 0.3) is 0 Å². The molecule has 1 N–H and O–H groups in total. The number of amides is 3. The predicted octanol–water partition coefficient (Wildman–Crippen LogP) is 2.52. The van der Waals surface area contributed by atoms with Crippen molar-refractivity contribution < 1.29 is 19.1 Å². The number of ether oxygens (including phenoxy) is 1. The topological polar surface area (TPSA) is 79.0 Å². The molecule has 3 amide bonds. The highest BCUT2D eigenvalue weighted by atomic mass is 16.6. The summed E-state index contributed by atoms with van der Waals surface area (Å²) in [6.45, 7) is 11.0. The van der Waals surface area contributed by atoms with Crippen molar-refractivity contribution in [2.45, 2.75) is 46.3 Å². The summed E-state index contributed by atoms with van der Waals surface area (Å²) in [6.07, 6.45) is -0.364. The highest BCUT2D eigenvalue weighted by Crippen LogP contribution is 2.14. The van der Waals surface area contributed by atoms with E-state index in [1.807, 2.05) is 40.7 Å². The maximum absolute atomic E-state index is 13.0. The van der Waals surface area contributed by atoms with Crippen LogP contribution in [-0.2, 0) is 9.53 Å². The molecular weight excluding hydrogens is 358 g/mol. The van der Waals surface area contributed by atoms with E-state index in [4.69, 9.17) is 4.74 Å². The first kappa shape index (κ1) is 21.7. The summed E-state index contributed by atoms with van der Waals surface area (Å²) < 4.78 is 5.39. The molecule has 0 saturated carbocycles. The number of nitrogens with one attached hydrogen (secondary N) is 1. The number of rotatable bonds is 4. The fraction of sp³-hybridized carbons (Fsp3) is 0.571. The molecule has 1 aliphatic rings. The molecule has 1 aliphatic heterocycles. The molecule has 1 aromatic carbocycles. The van der Waals surface area contributed by atoms with E-state index >= 15 is 0 Å². The second-order valence-corrected chi connectivity index (χ2v) is 8.35. The van der Waals surface area contributed by atoms with Gasteiger partial charge in [-0.3, -0.25) is 9.59 Å². The third-order valence-electron chi connectivity index (χ3n) is 4.50. The first-order valence-corrected chi connectivity index (χ1v) is 9.71. The maximum atomic E-state index is 13.0. The van der Waals surface area contributed by atoms with E-state index in [9.17, 15) is 14.4 Å². The number of hydrogen-bond donors (Lipinski definition) is 1. The molecule has 0 spiro atoms. The molecule has 1 unspecified atom stereocenters. The molecule has 1 heterocycles. The normalized spacial score (nSPS) is 15.9. The average molecular weight is 389 g/mol. The molecule has 0 aromatic heterocycles. The monoisotopic (exact) mass is 389 g/mol. The van der Waals surface area contributed by atoms with Crippen molar-refractivity contribution in [1.82, 2.24) is 15.1 Å². The van der Waals surface area contributed by atoms with Gasteiger partial charge in [-0.15, -0.1) is 0 Å². The van der Waals surface area contributed by atoms with Crippen LogP contribution in [0, 0.1) is 5.92 Å². The van der Waals surface area contributed by atoms with Gasteiger partial charge in [-0.2, -0.15) is 0 Å². The number of nitrogens with zero attached hydrogens (tertiary/aromatic N) is 2. The molecule has 1 atom stereocenters. The van der Waals surface area contributed by atoms with E-state index in [0.717, 1.165) is 0 Å². The van der Waals surface area contributed by atoms with Crippen LogP contribution in [0.15, 0.2) is 30.3 Å². The van der Waals surface area contributed by atoms with Crippen LogP contribution in [0.4, 0.5) is 4.79 Å². The van der Waals surface area contributed by atoms with Crippen LogP contribution in [0.3, 0.4) is 0 Å². The van der Waals surface area contributed by atoms with Gasteiger partial charge < -0.3 is 19.9 Å². The minimum atomic E-state index is -0.610. The van der Waals surface area contributed by atoms with E-state index in [-0.39, 0.29) is 23.8 Å². The average Bonchev–Trinajstić information content (AvgIpc) is 2.64. The number of carbonyl (C=O) groups excluding carboxylic acids is 3. The first-order valence-electron chi connectivity index (χ1n) is 9.71. The van der Waals surface area contributed by atoms with Crippen molar-refractivity contribution >= 4 is 17.9 Å². The maximum Gasteiger partial charge on any atom is 0.410 e. The molecule has 1 fully saturated rings. The molecule has 2 rings (SSSR count).